The zero-order chi connectivity index (χ0) is 9.31. The molecule has 1 aromatic heterocycles. The van der Waals surface area contributed by atoms with Gasteiger partial charge in [0.25, 0.3) is 0 Å². The third-order valence-electron chi connectivity index (χ3n) is 3.02. The number of aliphatic imine (C=N–C) groups is 1. The summed E-state index contributed by atoms with van der Waals surface area (Å²) in [7, 11) is 0. The van der Waals surface area contributed by atoms with Crippen molar-refractivity contribution in [3.63, 3.8) is 0 Å². The highest BCUT2D eigenvalue weighted by molar-refractivity contribution is 5.83. The van der Waals surface area contributed by atoms with Gasteiger partial charge in [-0.2, -0.15) is 0 Å². The Balaban J connectivity index is 2.53. The zero-order valence-corrected chi connectivity index (χ0v) is 8.12. The summed E-state index contributed by atoms with van der Waals surface area (Å²) in [6, 6.07) is 4.13. The second kappa shape index (κ2) is 2.95. The fourth-order valence-corrected chi connectivity index (χ4v) is 1.96. The van der Waals surface area contributed by atoms with E-state index < -0.39 is 0 Å². The number of aromatic nitrogens is 1. The van der Waals surface area contributed by atoms with Gasteiger partial charge in [-0.05, 0) is 18.9 Å². The molecule has 0 unspecified atom stereocenters. The van der Waals surface area contributed by atoms with E-state index >= 15 is 0 Å². The molecule has 2 nitrogen and oxygen atoms in total. The average Bonchev–Trinajstić information content (AvgIpc) is 2.58. The molecule has 1 aromatic rings. The lowest BCUT2D eigenvalue weighted by molar-refractivity contribution is 0.554. The molecule has 0 N–H and O–H groups in total. The highest BCUT2D eigenvalue weighted by Crippen LogP contribution is 2.39. The summed E-state index contributed by atoms with van der Waals surface area (Å²) >= 11 is 0. The van der Waals surface area contributed by atoms with Gasteiger partial charge in [0.1, 0.15) is 0 Å². The van der Waals surface area contributed by atoms with Crippen molar-refractivity contribution in [3.8, 4) is 0 Å². The molecule has 0 aliphatic carbocycles. The maximum Gasteiger partial charge on any atom is 0.155 e. The van der Waals surface area contributed by atoms with Crippen LogP contribution in [0.1, 0.15) is 32.3 Å². The van der Waals surface area contributed by atoms with Gasteiger partial charge >= 0.3 is 0 Å². The average molecular weight is 174 g/mol. The molecule has 68 valence electrons. The minimum atomic E-state index is 0.156. The molecule has 0 spiro atoms. The van der Waals surface area contributed by atoms with E-state index in [1.807, 2.05) is 6.07 Å². The highest BCUT2D eigenvalue weighted by atomic mass is 14.9. The maximum atomic E-state index is 4.36. The van der Waals surface area contributed by atoms with Crippen molar-refractivity contribution < 1.29 is 0 Å². The molecule has 0 radical (unpaired) electrons. The van der Waals surface area contributed by atoms with Crippen LogP contribution in [0.5, 0.6) is 0 Å². The monoisotopic (exact) mass is 174 g/mol. The van der Waals surface area contributed by atoms with Crippen molar-refractivity contribution >= 4 is 12.0 Å². The van der Waals surface area contributed by atoms with Crippen LogP contribution in [0, 0.1) is 0 Å². The second-order valence-electron chi connectivity index (χ2n) is 3.50. The van der Waals surface area contributed by atoms with Crippen LogP contribution in [-0.2, 0) is 5.41 Å². The van der Waals surface area contributed by atoms with E-state index in [9.17, 15) is 0 Å². The van der Waals surface area contributed by atoms with Gasteiger partial charge in [-0.1, -0.05) is 19.9 Å². The smallest absolute Gasteiger partial charge is 0.155 e. The number of fused-ring (bicyclic) bond motifs is 1. The molecule has 0 fully saturated rings. The number of pyridine rings is 1. The third-order valence-corrected chi connectivity index (χ3v) is 3.02. The molecule has 0 aromatic carbocycles. The molecular formula is C11H14N2. The van der Waals surface area contributed by atoms with Gasteiger partial charge in [0, 0.05) is 23.4 Å². The Bertz CT molecular complexity index is 338. The van der Waals surface area contributed by atoms with Gasteiger partial charge in [0.05, 0.1) is 0 Å². The molecule has 1 aliphatic rings. The first-order chi connectivity index (χ1) is 6.32. The summed E-state index contributed by atoms with van der Waals surface area (Å²) in [4.78, 5) is 8.61. The van der Waals surface area contributed by atoms with Crippen LogP contribution in [0.4, 0.5) is 5.82 Å². The van der Waals surface area contributed by atoms with Gasteiger partial charge in [-0.15, -0.1) is 0 Å². The van der Waals surface area contributed by atoms with Crippen molar-refractivity contribution in [3.05, 3.63) is 23.9 Å². The Morgan fingerprint density at radius 3 is 2.77 bits per heavy atom. The maximum absolute atomic E-state index is 4.36. The van der Waals surface area contributed by atoms with Gasteiger partial charge < -0.3 is 0 Å². The van der Waals surface area contributed by atoms with E-state index in [-0.39, 0.29) is 5.41 Å². The quantitative estimate of drug-likeness (QED) is 0.676. The summed E-state index contributed by atoms with van der Waals surface area (Å²) in [6.07, 6.45) is 6.07. The summed E-state index contributed by atoms with van der Waals surface area (Å²) in [5.74, 6) is 0.909. The molecular weight excluding hydrogens is 160 g/mol. The van der Waals surface area contributed by atoms with Crippen LogP contribution in [-0.4, -0.2) is 11.2 Å². The Labute approximate surface area is 78.7 Å². The Hall–Kier alpha value is -1.18. The first kappa shape index (κ1) is 8.42. The van der Waals surface area contributed by atoms with Crippen molar-refractivity contribution in [2.75, 3.05) is 0 Å². The minimum absolute atomic E-state index is 0.156. The predicted molar refractivity (Wildman–Crippen MR) is 54.6 cm³/mol. The van der Waals surface area contributed by atoms with Crippen LogP contribution < -0.4 is 0 Å². The number of nitrogens with zero attached hydrogens (tertiary/aromatic N) is 2. The second-order valence-corrected chi connectivity index (χ2v) is 3.50. The lowest BCUT2D eigenvalue weighted by Gasteiger charge is -2.23. The number of rotatable bonds is 2. The largest absolute Gasteiger partial charge is 0.240 e. The van der Waals surface area contributed by atoms with Crippen LogP contribution in [0.25, 0.3) is 0 Å². The molecule has 0 saturated carbocycles. The summed E-state index contributed by atoms with van der Waals surface area (Å²) in [5.41, 5.74) is 1.45. The first-order valence-corrected chi connectivity index (χ1v) is 4.83. The SMILES string of the molecule is CCC1(CC)C=Nc2ncccc21. The predicted octanol–water partition coefficient (Wildman–Crippen LogP) is 2.86. The Morgan fingerprint density at radius 1 is 1.31 bits per heavy atom. The summed E-state index contributed by atoms with van der Waals surface area (Å²) in [5, 5.41) is 0. The summed E-state index contributed by atoms with van der Waals surface area (Å²) in [6.45, 7) is 4.41. The van der Waals surface area contributed by atoms with Gasteiger partial charge in [0.2, 0.25) is 0 Å². The van der Waals surface area contributed by atoms with E-state index in [1.54, 1.807) is 6.20 Å². The Morgan fingerprint density at radius 2 is 2.08 bits per heavy atom. The lowest BCUT2D eigenvalue weighted by Crippen LogP contribution is -2.23. The van der Waals surface area contributed by atoms with Crippen molar-refractivity contribution in [2.24, 2.45) is 4.99 Å². The van der Waals surface area contributed by atoms with E-state index in [0.717, 1.165) is 18.7 Å². The van der Waals surface area contributed by atoms with Crippen LogP contribution in [0.15, 0.2) is 23.3 Å². The molecule has 13 heavy (non-hydrogen) atoms. The fraction of sp³-hybridized carbons (Fsp3) is 0.455. The zero-order valence-electron chi connectivity index (χ0n) is 8.12. The molecule has 2 rings (SSSR count). The molecule has 2 heterocycles. The van der Waals surface area contributed by atoms with Crippen molar-refractivity contribution in [2.45, 2.75) is 32.1 Å². The molecule has 2 heteroatoms. The Kier molecular flexibility index (Phi) is 1.91. The highest BCUT2D eigenvalue weighted by Gasteiger charge is 2.33. The van der Waals surface area contributed by atoms with Crippen LogP contribution >= 0.6 is 0 Å². The topological polar surface area (TPSA) is 25.2 Å². The number of hydrogen-bond donors (Lipinski definition) is 0. The van der Waals surface area contributed by atoms with Crippen molar-refractivity contribution in [1.82, 2.24) is 4.98 Å². The third kappa shape index (κ3) is 1.09. The van der Waals surface area contributed by atoms with Crippen molar-refractivity contribution in [1.29, 1.82) is 0 Å². The molecule has 0 saturated heterocycles. The molecule has 0 bridgehead atoms. The van der Waals surface area contributed by atoms with E-state index in [1.165, 1.54) is 5.56 Å². The van der Waals surface area contributed by atoms with Gasteiger partial charge in [-0.3, -0.25) is 0 Å². The normalized spacial score (nSPS) is 17.4. The van der Waals surface area contributed by atoms with Crippen LogP contribution in [0.3, 0.4) is 0 Å². The lowest BCUT2D eigenvalue weighted by atomic mass is 9.79. The van der Waals surface area contributed by atoms with Crippen LogP contribution in [0.2, 0.25) is 0 Å². The molecule has 1 aliphatic heterocycles. The molecule has 0 amide bonds. The van der Waals surface area contributed by atoms with E-state index in [0.29, 0.717) is 0 Å². The first-order valence-electron chi connectivity index (χ1n) is 4.83. The van der Waals surface area contributed by atoms with E-state index in [4.69, 9.17) is 0 Å². The molecule has 0 atom stereocenters. The van der Waals surface area contributed by atoms with Gasteiger partial charge in [-0.25, -0.2) is 9.98 Å². The standard InChI is InChI=1S/C11H14N2/c1-3-11(4-2)8-13-10-9(11)6-5-7-12-10/h5-8H,3-4H2,1-2H3. The fourth-order valence-electron chi connectivity index (χ4n) is 1.96. The summed E-state index contributed by atoms with van der Waals surface area (Å²) < 4.78 is 0. The van der Waals surface area contributed by atoms with Gasteiger partial charge in [0.15, 0.2) is 5.82 Å². The number of hydrogen-bond acceptors (Lipinski definition) is 2. The minimum Gasteiger partial charge on any atom is -0.240 e. The van der Waals surface area contributed by atoms with E-state index in [2.05, 4.69) is 36.1 Å².